The monoisotopic (exact) mass is 496 g/mol. The van der Waals surface area contributed by atoms with Crippen LogP contribution in [0.4, 0.5) is 0 Å². The first-order valence-corrected chi connectivity index (χ1v) is 13.7. The van der Waals surface area contributed by atoms with Gasteiger partial charge in [0.2, 0.25) is 0 Å². The molecule has 5 nitrogen and oxygen atoms in total. The van der Waals surface area contributed by atoms with Gasteiger partial charge in [-0.1, -0.05) is 95.8 Å². The van der Waals surface area contributed by atoms with Gasteiger partial charge in [-0.2, -0.15) is 0 Å². The molecule has 1 aromatic rings. The van der Waals surface area contributed by atoms with Crippen LogP contribution in [0.5, 0.6) is 5.75 Å². The van der Waals surface area contributed by atoms with Crippen molar-refractivity contribution in [3.8, 4) is 29.4 Å². The van der Waals surface area contributed by atoms with Crippen LogP contribution in [0, 0.1) is 23.7 Å². The average Bonchev–Trinajstić information content (AvgIpc) is 2.86. The molecule has 36 heavy (non-hydrogen) atoms. The lowest BCUT2D eigenvalue weighted by atomic mass is 10.1. The van der Waals surface area contributed by atoms with Gasteiger partial charge in [0.15, 0.2) is 0 Å². The van der Waals surface area contributed by atoms with E-state index in [1.54, 1.807) is 0 Å². The highest BCUT2D eigenvalue weighted by atomic mass is 16.5. The van der Waals surface area contributed by atoms with E-state index in [9.17, 15) is 9.59 Å². The van der Waals surface area contributed by atoms with Crippen molar-refractivity contribution in [3.05, 3.63) is 29.3 Å². The first-order valence-electron chi connectivity index (χ1n) is 13.7. The first kappa shape index (κ1) is 31.1. The van der Waals surface area contributed by atoms with Gasteiger partial charge in [0.05, 0.1) is 17.7 Å². The van der Waals surface area contributed by atoms with Crippen molar-refractivity contribution in [1.82, 2.24) is 0 Å². The van der Waals surface area contributed by atoms with Gasteiger partial charge in [-0.05, 0) is 49.3 Å². The van der Waals surface area contributed by atoms with Crippen molar-refractivity contribution >= 4 is 11.9 Å². The number of ether oxygens (including phenoxy) is 1. The molecular formula is C31H44O5. The SMILES string of the molecule is CCCCCCCCCCC#CC#CCCCCCCCCCOc1cc(C(=O)O)cc(C(=O)O)c1. The number of hydrogen-bond acceptors (Lipinski definition) is 3. The van der Waals surface area contributed by atoms with Crippen molar-refractivity contribution in [2.24, 2.45) is 0 Å². The Morgan fingerprint density at radius 3 is 1.50 bits per heavy atom. The molecule has 1 aromatic carbocycles. The molecule has 0 unspecified atom stereocenters. The minimum Gasteiger partial charge on any atom is -0.494 e. The standard InChI is InChI=1S/C31H44O5/c1-2-3-4-5-6-7-8-9-10-11-12-13-14-15-16-17-18-19-20-21-22-23-36-29-25-27(30(32)33)24-28(26-29)31(34)35/h24-26H,2-10,15-23H2,1H3,(H,32,33)(H,34,35). The summed E-state index contributed by atoms with van der Waals surface area (Å²) in [5.41, 5.74) is -0.166. The van der Waals surface area contributed by atoms with Crippen LogP contribution in [0.2, 0.25) is 0 Å². The van der Waals surface area contributed by atoms with Crippen LogP contribution in [0.15, 0.2) is 18.2 Å². The van der Waals surface area contributed by atoms with E-state index in [0.29, 0.717) is 6.61 Å². The van der Waals surface area contributed by atoms with Crippen LogP contribution in [0.25, 0.3) is 0 Å². The summed E-state index contributed by atoms with van der Waals surface area (Å²) in [5, 5.41) is 18.2. The van der Waals surface area contributed by atoms with Gasteiger partial charge in [-0.25, -0.2) is 9.59 Å². The van der Waals surface area contributed by atoms with Crippen LogP contribution >= 0.6 is 0 Å². The van der Waals surface area contributed by atoms with Gasteiger partial charge >= 0.3 is 11.9 Å². The normalized spacial score (nSPS) is 10.1. The number of hydrogen-bond donors (Lipinski definition) is 2. The number of unbranched alkanes of at least 4 members (excludes halogenated alkanes) is 15. The Balaban J connectivity index is 1.97. The van der Waals surface area contributed by atoms with E-state index < -0.39 is 11.9 Å². The van der Waals surface area contributed by atoms with Crippen LogP contribution in [-0.2, 0) is 0 Å². The van der Waals surface area contributed by atoms with Crippen molar-refractivity contribution < 1.29 is 24.5 Å². The third-order valence-electron chi connectivity index (χ3n) is 6.01. The highest BCUT2D eigenvalue weighted by molar-refractivity contribution is 5.94. The van der Waals surface area contributed by atoms with Gasteiger partial charge in [-0.15, -0.1) is 0 Å². The van der Waals surface area contributed by atoms with E-state index in [0.717, 1.165) is 44.6 Å². The topological polar surface area (TPSA) is 83.8 Å². The summed E-state index contributed by atoms with van der Waals surface area (Å²) in [6.07, 6.45) is 20.2. The summed E-state index contributed by atoms with van der Waals surface area (Å²) in [6.45, 7) is 2.70. The minimum atomic E-state index is -1.17. The summed E-state index contributed by atoms with van der Waals surface area (Å²) in [5.74, 6) is 10.2. The molecule has 5 heteroatoms. The largest absolute Gasteiger partial charge is 0.494 e. The smallest absolute Gasteiger partial charge is 0.335 e. The number of carboxylic acids is 2. The molecule has 0 heterocycles. The molecular weight excluding hydrogens is 452 g/mol. The van der Waals surface area contributed by atoms with Crippen LogP contribution in [0.3, 0.4) is 0 Å². The summed E-state index contributed by atoms with van der Waals surface area (Å²) in [4.78, 5) is 22.3. The molecule has 0 saturated carbocycles. The summed E-state index contributed by atoms with van der Waals surface area (Å²) in [7, 11) is 0. The van der Waals surface area contributed by atoms with Crippen molar-refractivity contribution in [1.29, 1.82) is 0 Å². The Kier molecular flexibility index (Phi) is 18.5. The number of rotatable bonds is 20. The highest BCUT2D eigenvalue weighted by Gasteiger charge is 2.12. The Morgan fingerprint density at radius 1 is 0.639 bits per heavy atom. The van der Waals surface area contributed by atoms with E-state index in [4.69, 9.17) is 14.9 Å². The van der Waals surface area contributed by atoms with E-state index in [2.05, 4.69) is 30.6 Å². The predicted octanol–water partition coefficient (Wildman–Crippen LogP) is 8.12. The summed E-state index contributed by atoms with van der Waals surface area (Å²) in [6, 6.07) is 3.86. The molecule has 0 aliphatic rings. The molecule has 2 N–H and O–H groups in total. The zero-order valence-electron chi connectivity index (χ0n) is 22.1. The number of carbonyl (C=O) groups is 2. The third-order valence-corrected chi connectivity index (χ3v) is 6.01. The van der Waals surface area contributed by atoms with E-state index in [-0.39, 0.29) is 16.9 Å². The van der Waals surface area contributed by atoms with Gasteiger partial charge < -0.3 is 14.9 Å². The third kappa shape index (κ3) is 16.7. The molecule has 0 aliphatic carbocycles. The van der Waals surface area contributed by atoms with Gasteiger partial charge in [0.1, 0.15) is 5.75 Å². The molecule has 0 aliphatic heterocycles. The second-order valence-electron chi connectivity index (χ2n) is 9.26. The molecule has 1 rings (SSSR count). The quantitative estimate of drug-likeness (QED) is 0.141. The second-order valence-corrected chi connectivity index (χ2v) is 9.26. The summed E-state index contributed by atoms with van der Waals surface area (Å²) >= 11 is 0. The molecule has 0 radical (unpaired) electrons. The Hall–Kier alpha value is -2.92. The van der Waals surface area contributed by atoms with Crippen LogP contribution in [-0.4, -0.2) is 28.8 Å². The molecule has 198 valence electrons. The van der Waals surface area contributed by atoms with Crippen molar-refractivity contribution in [3.63, 3.8) is 0 Å². The fourth-order valence-corrected chi connectivity index (χ4v) is 3.88. The lowest BCUT2D eigenvalue weighted by molar-refractivity contribution is 0.0696. The lowest BCUT2D eigenvalue weighted by Crippen LogP contribution is -2.05. The Morgan fingerprint density at radius 2 is 1.06 bits per heavy atom. The lowest BCUT2D eigenvalue weighted by Gasteiger charge is -2.08. The van der Waals surface area contributed by atoms with Crippen molar-refractivity contribution in [2.75, 3.05) is 6.61 Å². The van der Waals surface area contributed by atoms with E-state index in [1.807, 2.05) is 0 Å². The fraction of sp³-hybridized carbons (Fsp3) is 0.613. The predicted molar refractivity (Wildman–Crippen MR) is 146 cm³/mol. The molecule has 0 fully saturated rings. The van der Waals surface area contributed by atoms with E-state index in [1.165, 1.54) is 82.8 Å². The minimum absolute atomic E-state index is 0.0829. The highest BCUT2D eigenvalue weighted by Crippen LogP contribution is 2.18. The summed E-state index contributed by atoms with van der Waals surface area (Å²) < 4.78 is 5.58. The first-order chi connectivity index (χ1) is 17.5. The maximum absolute atomic E-state index is 11.1. The maximum atomic E-state index is 11.1. The van der Waals surface area contributed by atoms with Crippen LogP contribution < -0.4 is 4.74 Å². The van der Waals surface area contributed by atoms with Gasteiger partial charge in [0.25, 0.3) is 0 Å². The molecule has 0 amide bonds. The van der Waals surface area contributed by atoms with Gasteiger partial charge in [-0.3, -0.25) is 0 Å². The number of carboxylic acid groups (broad SMARTS) is 2. The maximum Gasteiger partial charge on any atom is 0.335 e. The molecule has 0 aromatic heterocycles. The molecule has 0 bridgehead atoms. The van der Waals surface area contributed by atoms with E-state index >= 15 is 0 Å². The average molecular weight is 497 g/mol. The number of aromatic carboxylic acids is 2. The zero-order valence-corrected chi connectivity index (χ0v) is 22.1. The molecule has 0 atom stereocenters. The Bertz CT molecular complexity index is 849. The molecule has 0 spiro atoms. The fourth-order valence-electron chi connectivity index (χ4n) is 3.88. The van der Waals surface area contributed by atoms with Crippen molar-refractivity contribution in [2.45, 2.75) is 116 Å². The Labute approximate surface area is 218 Å². The molecule has 0 saturated heterocycles. The van der Waals surface area contributed by atoms with Gasteiger partial charge in [0, 0.05) is 12.8 Å². The zero-order chi connectivity index (χ0) is 26.3. The van der Waals surface area contributed by atoms with Crippen LogP contribution in [0.1, 0.15) is 137 Å². The number of benzene rings is 1. The second kappa shape index (κ2) is 21.4.